The van der Waals surface area contributed by atoms with Crippen molar-refractivity contribution < 1.29 is 17.9 Å². The van der Waals surface area contributed by atoms with Crippen molar-refractivity contribution in [1.82, 2.24) is 30.2 Å². The molecule has 0 amide bonds. The molecule has 2 N–H and O–H groups in total. The summed E-state index contributed by atoms with van der Waals surface area (Å²) in [6, 6.07) is 8.65. The number of ether oxygens (including phenoxy) is 1. The van der Waals surface area contributed by atoms with Crippen LogP contribution in [0.3, 0.4) is 0 Å². The molecule has 28 heavy (non-hydrogen) atoms. The lowest BCUT2D eigenvalue weighted by Crippen LogP contribution is -2.36. The van der Waals surface area contributed by atoms with E-state index < -0.39 is 12.8 Å². The molecule has 3 aromatic heterocycles. The number of alkyl halides is 3. The summed E-state index contributed by atoms with van der Waals surface area (Å²) >= 11 is 0. The summed E-state index contributed by atoms with van der Waals surface area (Å²) in [6.07, 6.45) is -1.08. The van der Waals surface area contributed by atoms with Gasteiger partial charge in [-0.15, -0.1) is 10.2 Å². The molecular weight excluding hydrogens is 375 g/mol. The van der Waals surface area contributed by atoms with Gasteiger partial charge in [-0.25, -0.2) is 4.98 Å². The monoisotopic (exact) mass is 393 g/mol. The fourth-order valence-electron chi connectivity index (χ4n) is 2.34. The van der Waals surface area contributed by atoms with Crippen molar-refractivity contribution in [3.05, 3.63) is 54.1 Å². The van der Waals surface area contributed by atoms with Gasteiger partial charge in [0.05, 0.1) is 6.54 Å². The molecule has 0 spiro atoms. The van der Waals surface area contributed by atoms with Crippen molar-refractivity contribution in [3.8, 4) is 5.88 Å². The average molecular weight is 393 g/mol. The Morgan fingerprint density at radius 3 is 2.68 bits per heavy atom. The summed E-state index contributed by atoms with van der Waals surface area (Å²) in [6.45, 7) is -0.578. The van der Waals surface area contributed by atoms with Gasteiger partial charge < -0.3 is 15.4 Å². The molecule has 0 bridgehead atoms. The second kappa shape index (κ2) is 8.55. The van der Waals surface area contributed by atoms with E-state index in [1.807, 2.05) is 28.8 Å². The molecule has 0 aliphatic carbocycles. The minimum atomic E-state index is -4.39. The number of rotatable bonds is 6. The number of guanidine groups is 1. The van der Waals surface area contributed by atoms with Crippen molar-refractivity contribution in [3.63, 3.8) is 0 Å². The van der Waals surface area contributed by atoms with Crippen molar-refractivity contribution in [2.45, 2.75) is 19.3 Å². The van der Waals surface area contributed by atoms with E-state index in [2.05, 4.69) is 35.5 Å². The smallest absolute Gasteiger partial charge is 0.422 e. The summed E-state index contributed by atoms with van der Waals surface area (Å²) in [7, 11) is 1.63. The first-order chi connectivity index (χ1) is 13.4. The third-order valence-corrected chi connectivity index (χ3v) is 3.66. The lowest BCUT2D eigenvalue weighted by atomic mass is 10.3. The highest BCUT2D eigenvalue weighted by molar-refractivity contribution is 5.79. The Bertz CT molecular complexity index is 938. The second-order valence-electron chi connectivity index (χ2n) is 5.73. The minimum absolute atomic E-state index is 0.0812. The standard InChI is InChI=1S/C17H18F3N7O/c1-21-16(24-10-14-26-25-13-4-2-3-7-27(13)14)23-9-12-5-6-15(22-8-12)28-11-17(18,19)20/h2-8H,9-11H2,1H3,(H2,21,23,24). The average Bonchev–Trinajstić information content (AvgIpc) is 3.10. The number of nitrogens with zero attached hydrogens (tertiary/aromatic N) is 5. The Labute approximate surface area is 158 Å². The molecule has 0 radical (unpaired) electrons. The maximum atomic E-state index is 12.1. The summed E-state index contributed by atoms with van der Waals surface area (Å²) in [5.41, 5.74) is 1.51. The van der Waals surface area contributed by atoms with Crippen LogP contribution in [0.4, 0.5) is 13.2 Å². The van der Waals surface area contributed by atoms with Crippen molar-refractivity contribution in [1.29, 1.82) is 0 Å². The van der Waals surface area contributed by atoms with Gasteiger partial charge in [0.25, 0.3) is 0 Å². The van der Waals surface area contributed by atoms with Gasteiger partial charge in [0, 0.05) is 32.1 Å². The number of fused-ring (bicyclic) bond motifs is 1. The second-order valence-corrected chi connectivity index (χ2v) is 5.73. The number of aromatic nitrogens is 4. The number of hydrogen-bond donors (Lipinski definition) is 2. The van der Waals surface area contributed by atoms with Crippen LogP contribution >= 0.6 is 0 Å². The fraction of sp³-hybridized carbons (Fsp3) is 0.294. The van der Waals surface area contributed by atoms with E-state index in [1.54, 1.807) is 13.1 Å². The Morgan fingerprint density at radius 1 is 1.14 bits per heavy atom. The highest BCUT2D eigenvalue weighted by atomic mass is 19.4. The van der Waals surface area contributed by atoms with Crippen LogP contribution in [-0.2, 0) is 13.1 Å². The molecule has 148 valence electrons. The predicted octanol–water partition coefficient (Wildman–Crippen LogP) is 1.93. The van der Waals surface area contributed by atoms with E-state index in [0.29, 0.717) is 19.0 Å². The van der Waals surface area contributed by atoms with Crippen molar-refractivity contribution in [2.24, 2.45) is 4.99 Å². The number of hydrogen-bond acceptors (Lipinski definition) is 5. The fourth-order valence-corrected chi connectivity index (χ4v) is 2.34. The first-order valence-corrected chi connectivity index (χ1v) is 8.32. The van der Waals surface area contributed by atoms with E-state index in [0.717, 1.165) is 17.0 Å². The van der Waals surface area contributed by atoms with Crippen LogP contribution in [0.5, 0.6) is 5.88 Å². The van der Waals surface area contributed by atoms with Gasteiger partial charge in [0.1, 0.15) is 0 Å². The number of nitrogens with one attached hydrogen (secondary N) is 2. The topological polar surface area (TPSA) is 88.7 Å². The molecule has 0 fully saturated rings. The van der Waals surface area contributed by atoms with Gasteiger partial charge in [-0.3, -0.25) is 9.39 Å². The normalized spacial score (nSPS) is 12.2. The van der Waals surface area contributed by atoms with Crippen LogP contribution < -0.4 is 15.4 Å². The Kier molecular flexibility index (Phi) is 5.92. The lowest BCUT2D eigenvalue weighted by molar-refractivity contribution is -0.154. The first kappa shape index (κ1) is 19.4. The van der Waals surface area contributed by atoms with Crippen LogP contribution in [-0.4, -0.2) is 45.4 Å². The Morgan fingerprint density at radius 2 is 1.96 bits per heavy atom. The SMILES string of the molecule is CN=C(NCc1ccc(OCC(F)(F)F)nc1)NCc1nnc2ccccn12. The minimum Gasteiger partial charge on any atom is -0.468 e. The molecule has 0 unspecified atom stereocenters. The Balaban J connectivity index is 1.50. The first-order valence-electron chi connectivity index (χ1n) is 8.32. The van der Waals surface area contributed by atoms with Gasteiger partial charge in [-0.05, 0) is 17.7 Å². The van der Waals surface area contributed by atoms with Crippen molar-refractivity contribution in [2.75, 3.05) is 13.7 Å². The molecule has 0 aliphatic rings. The summed E-state index contributed by atoms with van der Waals surface area (Å²) in [5, 5.41) is 14.4. The van der Waals surface area contributed by atoms with Crippen LogP contribution in [0.1, 0.15) is 11.4 Å². The molecule has 0 saturated heterocycles. The van der Waals surface area contributed by atoms with E-state index in [4.69, 9.17) is 0 Å². The third-order valence-electron chi connectivity index (χ3n) is 3.66. The maximum Gasteiger partial charge on any atom is 0.422 e. The zero-order valence-corrected chi connectivity index (χ0v) is 14.9. The molecule has 8 nitrogen and oxygen atoms in total. The molecule has 0 aromatic carbocycles. The predicted molar refractivity (Wildman–Crippen MR) is 95.8 cm³/mol. The van der Waals surface area contributed by atoms with Gasteiger partial charge in [-0.1, -0.05) is 12.1 Å². The molecule has 3 heterocycles. The molecule has 11 heteroatoms. The van der Waals surface area contributed by atoms with Gasteiger partial charge in [0.15, 0.2) is 24.0 Å². The van der Waals surface area contributed by atoms with Crippen molar-refractivity contribution >= 4 is 11.6 Å². The Hall–Kier alpha value is -3.37. The van der Waals surface area contributed by atoms with Gasteiger partial charge in [0.2, 0.25) is 5.88 Å². The number of halogens is 3. The largest absolute Gasteiger partial charge is 0.468 e. The van der Waals surface area contributed by atoms with E-state index >= 15 is 0 Å². The third kappa shape index (κ3) is 5.32. The van der Waals surface area contributed by atoms with E-state index in [-0.39, 0.29) is 5.88 Å². The molecule has 0 atom stereocenters. The zero-order chi connectivity index (χ0) is 20.0. The summed E-state index contributed by atoms with van der Waals surface area (Å²) in [5.74, 6) is 1.18. The highest BCUT2D eigenvalue weighted by Crippen LogP contribution is 2.17. The van der Waals surface area contributed by atoms with Crippen LogP contribution in [0.25, 0.3) is 5.65 Å². The summed E-state index contributed by atoms with van der Waals surface area (Å²) < 4.78 is 42.9. The lowest BCUT2D eigenvalue weighted by Gasteiger charge is -2.12. The van der Waals surface area contributed by atoms with Gasteiger partial charge >= 0.3 is 6.18 Å². The number of pyridine rings is 2. The van der Waals surface area contributed by atoms with Gasteiger partial charge in [-0.2, -0.15) is 13.2 Å². The summed E-state index contributed by atoms with van der Waals surface area (Å²) in [4.78, 5) is 7.99. The maximum absolute atomic E-state index is 12.1. The zero-order valence-electron chi connectivity index (χ0n) is 14.9. The van der Waals surface area contributed by atoms with E-state index in [9.17, 15) is 13.2 Å². The van der Waals surface area contributed by atoms with E-state index in [1.165, 1.54) is 12.3 Å². The molecule has 3 rings (SSSR count). The molecule has 3 aromatic rings. The van der Waals surface area contributed by atoms with Crippen LogP contribution in [0.15, 0.2) is 47.7 Å². The van der Waals surface area contributed by atoms with Crippen LogP contribution in [0, 0.1) is 0 Å². The van der Waals surface area contributed by atoms with Crippen LogP contribution in [0.2, 0.25) is 0 Å². The number of aliphatic imine (C=N–C) groups is 1. The highest BCUT2D eigenvalue weighted by Gasteiger charge is 2.28. The molecule has 0 aliphatic heterocycles. The quantitative estimate of drug-likeness (QED) is 0.492. The molecular formula is C17H18F3N7O. The molecule has 0 saturated carbocycles.